The second-order valence-electron chi connectivity index (χ2n) is 10.6. The molecule has 6 rings (SSSR count). The summed E-state index contributed by atoms with van der Waals surface area (Å²) in [5, 5.41) is 3.38. The largest absolute Gasteiger partial charge is 0.349 e. The molecule has 1 aromatic rings. The topological polar surface area (TPSA) is 32.3 Å². The van der Waals surface area contributed by atoms with Crippen molar-refractivity contribution in [1.82, 2.24) is 10.2 Å². The zero-order valence-electron chi connectivity index (χ0n) is 17.5. The van der Waals surface area contributed by atoms with Gasteiger partial charge in [-0.05, 0) is 98.8 Å². The third-order valence-electron chi connectivity index (χ3n) is 8.81. The Morgan fingerprint density at radius 3 is 2.62 bits per heavy atom. The summed E-state index contributed by atoms with van der Waals surface area (Å²) in [6.45, 7) is 3.79. The number of rotatable bonds is 4. The molecule has 4 atom stereocenters. The lowest BCUT2D eigenvalue weighted by atomic mass is 9.63. The lowest BCUT2D eigenvalue weighted by Crippen LogP contribution is -2.47. The summed E-state index contributed by atoms with van der Waals surface area (Å²) in [4.78, 5) is 15.1. The summed E-state index contributed by atoms with van der Waals surface area (Å²) in [7, 11) is 0. The molecule has 3 nitrogen and oxygen atoms in total. The van der Waals surface area contributed by atoms with Gasteiger partial charge in [-0.25, -0.2) is 0 Å². The highest BCUT2D eigenvalue weighted by molar-refractivity contribution is 5.81. The summed E-state index contributed by atoms with van der Waals surface area (Å²) >= 11 is 0. The zero-order valence-corrected chi connectivity index (χ0v) is 17.5. The van der Waals surface area contributed by atoms with Crippen molar-refractivity contribution < 1.29 is 7.65 Å². The van der Waals surface area contributed by atoms with Gasteiger partial charge in [-0.1, -0.05) is 36.4 Å². The summed E-state index contributed by atoms with van der Waals surface area (Å²) in [6.07, 6.45) is 14.9. The molecule has 1 amide bonds. The van der Waals surface area contributed by atoms with E-state index in [4.69, 9.17) is 0 Å². The number of carbonyl (C=O) groups excluding carboxylic acids is 1. The van der Waals surface area contributed by atoms with Gasteiger partial charge in [0.15, 0.2) is 0 Å². The summed E-state index contributed by atoms with van der Waals surface area (Å²) in [5.41, 5.74) is 3.27. The number of benzene rings is 1. The predicted octanol–water partition coefficient (Wildman–Crippen LogP) is 5.09. The molecule has 1 spiro atoms. The first kappa shape index (κ1) is 18.2. The predicted molar refractivity (Wildman–Crippen MR) is 120 cm³/mol. The Kier molecular flexibility index (Phi) is 4.37. The molecular formula is C26H38N2O. The molecule has 2 bridgehead atoms. The van der Waals surface area contributed by atoms with Crippen LogP contribution in [0.3, 0.4) is 0 Å². The first-order valence-electron chi connectivity index (χ1n) is 12.0. The van der Waals surface area contributed by atoms with Crippen molar-refractivity contribution in [3.8, 4) is 0 Å². The number of piperidine rings is 1. The van der Waals surface area contributed by atoms with Crippen LogP contribution < -0.4 is 5.32 Å². The van der Waals surface area contributed by atoms with Crippen LogP contribution in [0.15, 0.2) is 36.4 Å². The first-order valence-corrected chi connectivity index (χ1v) is 12.0. The fourth-order valence-corrected chi connectivity index (χ4v) is 6.90. The number of carbonyl (C=O) groups is 1. The minimum Gasteiger partial charge on any atom is -0.349 e. The monoisotopic (exact) mass is 394 g/mol. The molecular weight excluding hydrogens is 356 g/mol. The number of likely N-dealkylation sites (tertiary alicyclic amines) is 1. The van der Waals surface area contributed by atoms with Gasteiger partial charge in [-0.3, -0.25) is 4.79 Å². The average Bonchev–Trinajstić information content (AvgIpc) is 3.41. The lowest BCUT2D eigenvalue weighted by molar-refractivity contribution is -0.123. The maximum atomic E-state index is 12.4. The van der Waals surface area contributed by atoms with E-state index in [0.29, 0.717) is 11.3 Å². The molecule has 3 fully saturated rings. The van der Waals surface area contributed by atoms with E-state index in [-0.39, 0.29) is 14.8 Å². The molecule has 1 aliphatic heterocycles. The Balaban J connectivity index is 0.00000116. The van der Waals surface area contributed by atoms with Crippen molar-refractivity contribution in [2.75, 3.05) is 19.6 Å². The van der Waals surface area contributed by atoms with Gasteiger partial charge < -0.3 is 10.2 Å². The van der Waals surface area contributed by atoms with Crippen LogP contribution in [0.4, 0.5) is 0 Å². The van der Waals surface area contributed by atoms with Crippen LogP contribution in [-0.2, 0) is 10.2 Å². The Hall–Kier alpha value is -1.61. The van der Waals surface area contributed by atoms with Gasteiger partial charge in [0, 0.05) is 15.3 Å². The van der Waals surface area contributed by atoms with Gasteiger partial charge in [-0.15, -0.1) is 0 Å². The van der Waals surface area contributed by atoms with E-state index in [0.717, 1.165) is 37.0 Å². The highest BCUT2D eigenvalue weighted by Gasteiger charge is 2.44. The van der Waals surface area contributed by atoms with E-state index in [1.165, 1.54) is 62.9 Å². The van der Waals surface area contributed by atoms with Gasteiger partial charge in [0.05, 0.1) is 6.04 Å². The van der Waals surface area contributed by atoms with Crippen molar-refractivity contribution in [2.45, 2.75) is 62.8 Å². The fourth-order valence-electron chi connectivity index (χ4n) is 6.90. The molecule has 158 valence electrons. The van der Waals surface area contributed by atoms with Gasteiger partial charge >= 0.3 is 0 Å². The van der Waals surface area contributed by atoms with Crippen LogP contribution in [0.1, 0.15) is 71.4 Å². The van der Waals surface area contributed by atoms with E-state index in [1.807, 2.05) is 0 Å². The highest BCUT2D eigenvalue weighted by Crippen LogP contribution is 2.49. The van der Waals surface area contributed by atoms with Crippen LogP contribution in [-0.4, -0.2) is 30.4 Å². The summed E-state index contributed by atoms with van der Waals surface area (Å²) in [5.74, 6) is 3.23. The third kappa shape index (κ3) is 3.26. The Morgan fingerprint density at radius 1 is 1.07 bits per heavy atom. The zero-order chi connectivity index (χ0) is 19.4. The summed E-state index contributed by atoms with van der Waals surface area (Å²) < 4.78 is 0. The number of nitrogens with zero attached hydrogens (tertiary/aromatic N) is 1. The molecule has 1 aromatic carbocycles. The minimum absolute atomic E-state index is 0. The van der Waals surface area contributed by atoms with Crippen LogP contribution >= 0.6 is 0 Å². The standard InChI is InChI=1S/C26H34N2O.2H2/c29-25(19-7-8-19)27-24-9-10-26(23-4-2-1-3-22(23)24)11-13-28(14-12-26)17-21-16-18-5-6-20(21)15-18;;/h1-6,18-21,24H,7-17H2,(H,27,29);2*1H/t18?,20?,21?,24-;;/m0../s1. The van der Waals surface area contributed by atoms with E-state index in [2.05, 4.69) is 46.6 Å². The number of amides is 1. The quantitative estimate of drug-likeness (QED) is 0.722. The third-order valence-corrected chi connectivity index (χ3v) is 8.81. The van der Waals surface area contributed by atoms with Crippen LogP contribution in [0.5, 0.6) is 0 Å². The van der Waals surface area contributed by atoms with Crippen molar-refractivity contribution in [3.63, 3.8) is 0 Å². The molecule has 0 aromatic heterocycles. The maximum absolute atomic E-state index is 12.4. The molecule has 0 radical (unpaired) electrons. The number of hydrogen-bond donors (Lipinski definition) is 1. The van der Waals surface area contributed by atoms with E-state index >= 15 is 0 Å². The summed E-state index contributed by atoms with van der Waals surface area (Å²) in [6, 6.07) is 9.23. The smallest absolute Gasteiger partial charge is 0.223 e. The number of fused-ring (bicyclic) bond motifs is 4. The number of nitrogens with one attached hydrogen (secondary N) is 1. The van der Waals surface area contributed by atoms with Gasteiger partial charge in [0.25, 0.3) is 0 Å². The van der Waals surface area contributed by atoms with Crippen molar-refractivity contribution in [1.29, 1.82) is 0 Å². The fraction of sp³-hybridized carbons (Fsp3) is 0.654. The molecule has 1 heterocycles. The minimum atomic E-state index is 0. The molecule has 3 heteroatoms. The molecule has 5 aliphatic rings. The van der Waals surface area contributed by atoms with E-state index < -0.39 is 0 Å². The van der Waals surface area contributed by atoms with Crippen LogP contribution in [0.2, 0.25) is 0 Å². The molecule has 3 unspecified atom stereocenters. The van der Waals surface area contributed by atoms with Crippen LogP contribution in [0.25, 0.3) is 0 Å². The van der Waals surface area contributed by atoms with Crippen molar-refractivity contribution in [3.05, 3.63) is 47.5 Å². The molecule has 4 aliphatic carbocycles. The second-order valence-corrected chi connectivity index (χ2v) is 10.6. The highest BCUT2D eigenvalue weighted by atomic mass is 16.2. The van der Waals surface area contributed by atoms with Crippen molar-refractivity contribution in [2.24, 2.45) is 23.7 Å². The van der Waals surface area contributed by atoms with Crippen LogP contribution in [0, 0.1) is 23.7 Å². The van der Waals surface area contributed by atoms with Gasteiger partial charge in [0.1, 0.15) is 0 Å². The number of allylic oxidation sites excluding steroid dienone is 2. The SMILES string of the molecule is O=C(N[C@H]1CCC2(CCN(CC3CC4C=CC3C4)CC2)c2ccccc21)C1CC1.[HH].[HH]. The molecule has 1 saturated heterocycles. The van der Waals surface area contributed by atoms with Crippen molar-refractivity contribution >= 4 is 5.91 Å². The molecule has 1 N–H and O–H groups in total. The van der Waals surface area contributed by atoms with Gasteiger partial charge in [0.2, 0.25) is 5.91 Å². The second kappa shape index (κ2) is 6.97. The molecule has 2 saturated carbocycles. The lowest BCUT2D eigenvalue weighted by Gasteiger charge is -2.48. The Morgan fingerprint density at radius 2 is 1.90 bits per heavy atom. The normalized spacial score (nSPS) is 35.0. The Bertz CT molecular complexity index is 828. The van der Waals surface area contributed by atoms with E-state index in [9.17, 15) is 4.79 Å². The first-order chi connectivity index (χ1) is 14.2. The van der Waals surface area contributed by atoms with E-state index in [1.54, 1.807) is 0 Å². The van der Waals surface area contributed by atoms with Gasteiger partial charge in [-0.2, -0.15) is 0 Å². The molecule has 29 heavy (non-hydrogen) atoms. The average molecular weight is 395 g/mol. The Labute approximate surface area is 177 Å². The maximum Gasteiger partial charge on any atom is 0.223 e. The number of hydrogen-bond acceptors (Lipinski definition) is 2.